The van der Waals surface area contributed by atoms with Gasteiger partial charge < -0.3 is 9.47 Å². The van der Waals surface area contributed by atoms with Gasteiger partial charge >= 0.3 is 42.9 Å². The van der Waals surface area contributed by atoms with Gasteiger partial charge in [0.05, 0.1) is 17.8 Å². The lowest BCUT2D eigenvalue weighted by molar-refractivity contribution is -0.241. The highest BCUT2D eigenvalue weighted by Crippen LogP contribution is 2.35. The Bertz CT molecular complexity index is 1610. The van der Waals surface area contributed by atoms with Crippen molar-refractivity contribution in [1.82, 2.24) is 0 Å². The zero-order valence-corrected chi connectivity index (χ0v) is 23.3. The Morgan fingerprint density at radius 3 is 1.37 bits per heavy atom. The fraction of sp³-hybridized carbons (Fsp3) is 0.167. The molecule has 0 saturated heterocycles. The van der Waals surface area contributed by atoms with Crippen LogP contribution in [0.15, 0.2) is 93.5 Å². The SMILES string of the molecule is CC(=O)Oc1ccc([S+](c2ccccc2)c2ccc(OC(C)=[N+](S(=O)(=O)C(F)(F)F)S(=O)(=O)C(F)(F)F)cc2)cc1. The summed E-state index contributed by atoms with van der Waals surface area (Å²) in [4.78, 5) is 13.4. The van der Waals surface area contributed by atoms with Gasteiger partial charge in [0.1, 0.15) is 11.5 Å². The molecule has 0 aliphatic rings. The van der Waals surface area contributed by atoms with Crippen molar-refractivity contribution in [3.8, 4) is 11.5 Å². The van der Waals surface area contributed by atoms with Crippen LogP contribution in [0.25, 0.3) is 0 Å². The van der Waals surface area contributed by atoms with E-state index in [0.29, 0.717) is 17.6 Å². The predicted octanol–water partition coefficient (Wildman–Crippen LogP) is 5.22. The molecule has 220 valence electrons. The second-order valence-corrected chi connectivity index (χ2v) is 13.7. The molecule has 3 aromatic carbocycles. The van der Waals surface area contributed by atoms with Gasteiger partial charge in [-0.1, -0.05) is 18.2 Å². The number of carbonyl (C=O) groups is 1. The molecule has 1 unspecified atom stereocenters. The standard InChI is InChI=1S/C24H19F6NO7S3/c1-16(31(40(33,34)23(25,26)27)41(35,36)24(28,29)30)37-18-8-12-21(13-9-18)39(20-6-4-3-5-7-20)22-14-10-19(11-15-22)38-17(2)32/h3-15H,1-2H3/q+2. The van der Waals surface area contributed by atoms with Crippen LogP contribution in [0.3, 0.4) is 0 Å². The highest BCUT2D eigenvalue weighted by Gasteiger charge is 2.68. The normalized spacial score (nSPS) is 13.3. The summed E-state index contributed by atoms with van der Waals surface area (Å²) in [5.41, 5.74) is -12.8. The summed E-state index contributed by atoms with van der Waals surface area (Å²) >= 11 is 0. The van der Waals surface area contributed by atoms with E-state index in [9.17, 15) is 48.0 Å². The molecule has 41 heavy (non-hydrogen) atoms. The fourth-order valence-electron chi connectivity index (χ4n) is 3.28. The lowest BCUT2D eigenvalue weighted by atomic mass is 10.3. The monoisotopic (exact) mass is 643 g/mol. The molecular weight excluding hydrogens is 624 g/mol. The zero-order valence-electron chi connectivity index (χ0n) is 20.8. The average molecular weight is 644 g/mol. The maximum absolute atomic E-state index is 13.1. The number of hydrogen-bond donors (Lipinski definition) is 0. The first kappa shape index (κ1) is 32.0. The average Bonchev–Trinajstić information content (AvgIpc) is 2.85. The van der Waals surface area contributed by atoms with Gasteiger partial charge in [-0.05, 0) is 60.7 Å². The van der Waals surface area contributed by atoms with E-state index in [2.05, 4.69) is 0 Å². The summed E-state index contributed by atoms with van der Waals surface area (Å²) in [6.45, 7) is 1.57. The topological polar surface area (TPSA) is 107 Å². The number of esters is 1. The number of sulfonamides is 2. The molecule has 0 spiro atoms. The van der Waals surface area contributed by atoms with E-state index in [1.54, 1.807) is 42.5 Å². The van der Waals surface area contributed by atoms with Gasteiger partial charge in [-0.3, -0.25) is 4.79 Å². The van der Waals surface area contributed by atoms with Crippen molar-refractivity contribution in [2.75, 3.05) is 0 Å². The quantitative estimate of drug-likeness (QED) is 0.0662. The van der Waals surface area contributed by atoms with E-state index in [4.69, 9.17) is 9.47 Å². The third-order valence-electron chi connectivity index (χ3n) is 4.90. The van der Waals surface area contributed by atoms with Crippen LogP contribution in [0.4, 0.5) is 26.3 Å². The van der Waals surface area contributed by atoms with Crippen LogP contribution >= 0.6 is 0 Å². The van der Waals surface area contributed by atoms with E-state index < -0.39 is 63.0 Å². The third-order valence-corrected chi connectivity index (χ3v) is 10.9. The van der Waals surface area contributed by atoms with Crippen LogP contribution in [-0.2, 0) is 35.7 Å². The second kappa shape index (κ2) is 11.7. The van der Waals surface area contributed by atoms with Gasteiger partial charge in [0.15, 0.2) is 14.7 Å². The summed E-state index contributed by atoms with van der Waals surface area (Å²) in [7, 11) is -15.0. The highest BCUT2D eigenvalue weighted by atomic mass is 32.3. The molecule has 3 rings (SSSR count). The van der Waals surface area contributed by atoms with E-state index in [-0.39, 0.29) is 0 Å². The largest absolute Gasteiger partial charge is 0.561 e. The van der Waals surface area contributed by atoms with Crippen LogP contribution < -0.4 is 9.47 Å². The highest BCUT2D eigenvalue weighted by molar-refractivity contribution is 7.98. The fourth-order valence-corrected chi connectivity index (χ4v) is 8.01. The van der Waals surface area contributed by atoms with Crippen molar-refractivity contribution in [1.29, 1.82) is 0 Å². The first-order valence-electron chi connectivity index (χ1n) is 11.0. The van der Waals surface area contributed by atoms with Gasteiger partial charge in [0, 0.05) is 10.3 Å². The molecule has 1 atom stereocenters. The van der Waals surface area contributed by atoms with Gasteiger partial charge in [0.2, 0.25) is 0 Å². The first-order chi connectivity index (χ1) is 18.9. The Hall–Kier alpha value is -3.57. The molecule has 0 amide bonds. The van der Waals surface area contributed by atoms with Crippen molar-refractivity contribution in [3.05, 3.63) is 78.9 Å². The molecule has 0 fully saturated rings. The molecule has 0 aliphatic heterocycles. The van der Waals surface area contributed by atoms with Crippen LogP contribution in [0.1, 0.15) is 13.8 Å². The van der Waals surface area contributed by atoms with Gasteiger partial charge in [-0.15, -0.1) is 0 Å². The minimum absolute atomic E-state index is 0.291. The minimum Gasteiger partial charge on any atom is -0.427 e. The van der Waals surface area contributed by atoms with E-state index in [0.717, 1.165) is 21.9 Å². The molecule has 0 heterocycles. The number of alkyl halides is 6. The van der Waals surface area contributed by atoms with Gasteiger partial charge in [-0.2, -0.15) is 43.2 Å². The van der Waals surface area contributed by atoms with Gasteiger partial charge in [-0.25, -0.2) is 0 Å². The van der Waals surface area contributed by atoms with Crippen LogP contribution in [0.2, 0.25) is 0 Å². The number of benzene rings is 3. The number of rotatable bonds is 7. The van der Waals surface area contributed by atoms with Crippen molar-refractivity contribution in [2.45, 2.75) is 39.6 Å². The lowest BCUT2D eigenvalue weighted by Crippen LogP contribution is -2.46. The molecule has 0 aromatic heterocycles. The first-order valence-corrected chi connectivity index (χ1v) is 15.1. The van der Waals surface area contributed by atoms with Crippen LogP contribution in [0.5, 0.6) is 11.5 Å². The molecule has 17 heteroatoms. The number of halogens is 6. The Labute approximate surface area is 233 Å². The van der Waals surface area contributed by atoms with Crippen molar-refractivity contribution < 1.29 is 60.8 Å². The molecule has 0 radical (unpaired) electrons. The van der Waals surface area contributed by atoms with Crippen LogP contribution in [-0.4, -0.2) is 43.1 Å². The smallest absolute Gasteiger partial charge is 0.427 e. The maximum Gasteiger partial charge on any atom is 0.561 e. The van der Waals surface area contributed by atoms with Gasteiger partial charge in [0.25, 0.3) is 0 Å². The van der Waals surface area contributed by atoms with Crippen molar-refractivity contribution in [3.63, 3.8) is 0 Å². The third kappa shape index (κ3) is 7.02. The Morgan fingerprint density at radius 1 is 0.634 bits per heavy atom. The van der Waals surface area contributed by atoms with E-state index in [1.165, 1.54) is 19.1 Å². The summed E-state index contributed by atoms with van der Waals surface area (Å²) in [5.74, 6) is -2.41. The lowest BCUT2D eigenvalue weighted by Gasteiger charge is -2.12. The molecule has 8 nitrogen and oxygen atoms in total. The van der Waals surface area contributed by atoms with Crippen molar-refractivity contribution in [2.24, 2.45) is 0 Å². The summed E-state index contributed by atoms with van der Waals surface area (Å²) in [6, 6.07) is 20.5. The van der Waals surface area contributed by atoms with Crippen molar-refractivity contribution >= 4 is 42.8 Å². The Kier molecular flexibility index (Phi) is 9.14. The Morgan fingerprint density at radius 2 is 1.00 bits per heavy atom. The van der Waals surface area contributed by atoms with E-state index >= 15 is 0 Å². The minimum atomic E-state index is -7.07. The predicted molar refractivity (Wildman–Crippen MR) is 134 cm³/mol. The number of nitrogens with zero attached hydrogens (tertiary/aromatic N) is 1. The second-order valence-electron chi connectivity index (χ2n) is 7.88. The molecular formula is C24H19F6NO7S3+2. The van der Waals surface area contributed by atoms with E-state index in [1.807, 2.05) is 12.1 Å². The molecule has 3 aromatic rings. The molecule has 0 bridgehead atoms. The zero-order chi connectivity index (χ0) is 30.8. The Balaban J connectivity index is 2.06. The molecule has 0 saturated carbocycles. The maximum atomic E-state index is 13.1. The summed E-state index contributed by atoms with van der Waals surface area (Å²) in [5, 5.41) is 0. The summed E-state index contributed by atoms with van der Waals surface area (Å²) in [6.07, 6.45) is 0. The van der Waals surface area contributed by atoms with Crippen LogP contribution in [0, 0.1) is 0 Å². The molecule has 0 aliphatic carbocycles. The number of ether oxygens (including phenoxy) is 2. The molecule has 0 N–H and O–H groups in total. The number of carbonyl (C=O) groups excluding carboxylic acids is 1. The summed E-state index contributed by atoms with van der Waals surface area (Å²) < 4.78 is 134. The number of hydrogen-bond acceptors (Lipinski definition) is 7.